The second-order valence-electron chi connectivity index (χ2n) is 4.81. The fourth-order valence-electron chi connectivity index (χ4n) is 1.56. The van der Waals surface area contributed by atoms with Gasteiger partial charge in [-0.05, 0) is 26.2 Å². The normalized spacial score (nSPS) is 10.8. The van der Waals surface area contributed by atoms with Gasteiger partial charge in [-0.25, -0.2) is 9.97 Å². The van der Waals surface area contributed by atoms with Gasteiger partial charge in [0.25, 0.3) is 0 Å². The molecule has 0 saturated carbocycles. The fourth-order valence-corrected chi connectivity index (χ4v) is 1.56. The Labute approximate surface area is 115 Å². The first-order valence-corrected chi connectivity index (χ1v) is 6.91. The number of hydrogen-bond donors (Lipinski definition) is 1. The van der Waals surface area contributed by atoms with Gasteiger partial charge >= 0.3 is 0 Å². The smallest absolute Gasteiger partial charge is 0.221 e. The highest BCUT2D eigenvalue weighted by Gasteiger charge is 2.06. The van der Waals surface area contributed by atoms with Crippen molar-refractivity contribution in [2.75, 3.05) is 31.7 Å². The van der Waals surface area contributed by atoms with Crippen LogP contribution in [0.2, 0.25) is 0 Å². The van der Waals surface area contributed by atoms with Gasteiger partial charge in [-0.3, -0.25) is 0 Å². The second kappa shape index (κ2) is 8.69. The Morgan fingerprint density at radius 1 is 1.26 bits per heavy atom. The Balaban J connectivity index is 2.31. The number of ether oxygens (including phenoxy) is 2. The number of nitrogens with zero attached hydrogens (tertiary/aromatic N) is 2. The molecule has 0 amide bonds. The molecule has 0 aliphatic rings. The van der Waals surface area contributed by atoms with E-state index in [0.29, 0.717) is 25.0 Å². The SMILES string of the molecule is CCOc1ncnc(NCCOCCC(C)C)c1C. The van der Waals surface area contributed by atoms with Crippen molar-refractivity contribution in [3.8, 4) is 5.88 Å². The molecule has 0 aliphatic carbocycles. The average Bonchev–Trinajstić information content (AvgIpc) is 2.37. The van der Waals surface area contributed by atoms with E-state index in [2.05, 4.69) is 29.1 Å². The largest absolute Gasteiger partial charge is 0.478 e. The molecule has 19 heavy (non-hydrogen) atoms. The summed E-state index contributed by atoms with van der Waals surface area (Å²) in [6, 6.07) is 0. The quantitative estimate of drug-likeness (QED) is 0.697. The van der Waals surface area contributed by atoms with Crippen LogP contribution in [0.25, 0.3) is 0 Å². The number of nitrogens with one attached hydrogen (secondary N) is 1. The molecule has 0 unspecified atom stereocenters. The van der Waals surface area contributed by atoms with Gasteiger partial charge in [0.1, 0.15) is 12.1 Å². The molecule has 0 saturated heterocycles. The maximum absolute atomic E-state index is 5.55. The fraction of sp³-hybridized carbons (Fsp3) is 0.714. The highest BCUT2D eigenvalue weighted by Crippen LogP contribution is 2.19. The highest BCUT2D eigenvalue weighted by atomic mass is 16.5. The molecule has 0 aromatic carbocycles. The molecule has 0 spiro atoms. The van der Waals surface area contributed by atoms with Gasteiger partial charge in [0.2, 0.25) is 5.88 Å². The van der Waals surface area contributed by atoms with Crippen LogP contribution in [-0.4, -0.2) is 36.3 Å². The van der Waals surface area contributed by atoms with Crippen molar-refractivity contribution in [2.24, 2.45) is 5.92 Å². The van der Waals surface area contributed by atoms with Crippen LogP contribution in [0, 0.1) is 12.8 Å². The van der Waals surface area contributed by atoms with E-state index in [1.54, 1.807) is 0 Å². The molecule has 1 aromatic rings. The van der Waals surface area contributed by atoms with Gasteiger partial charge in [0.15, 0.2) is 0 Å². The highest BCUT2D eigenvalue weighted by molar-refractivity contribution is 5.47. The van der Waals surface area contributed by atoms with Crippen LogP contribution in [0.5, 0.6) is 5.88 Å². The van der Waals surface area contributed by atoms with Gasteiger partial charge in [-0.2, -0.15) is 0 Å². The first kappa shape index (κ1) is 15.7. The molecule has 0 fully saturated rings. The van der Waals surface area contributed by atoms with Crippen molar-refractivity contribution in [3.05, 3.63) is 11.9 Å². The van der Waals surface area contributed by atoms with Crippen molar-refractivity contribution in [3.63, 3.8) is 0 Å². The van der Waals surface area contributed by atoms with E-state index in [4.69, 9.17) is 9.47 Å². The zero-order valence-electron chi connectivity index (χ0n) is 12.4. The minimum Gasteiger partial charge on any atom is -0.478 e. The summed E-state index contributed by atoms with van der Waals surface area (Å²) in [6.07, 6.45) is 2.61. The second-order valence-corrected chi connectivity index (χ2v) is 4.81. The third kappa shape index (κ3) is 5.87. The van der Waals surface area contributed by atoms with E-state index in [1.165, 1.54) is 6.33 Å². The monoisotopic (exact) mass is 267 g/mol. The zero-order chi connectivity index (χ0) is 14.1. The van der Waals surface area contributed by atoms with Gasteiger partial charge in [0, 0.05) is 13.2 Å². The molecule has 0 bridgehead atoms. The minimum absolute atomic E-state index is 0.607. The topological polar surface area (TPSA) is 56.3 Å². The molecule has 5 heteroatoms. The molecule has 0 aliphatic heterocycles. The molecule has 0 atom stereocenters. The van der Waals surface area contributed by atoms with Gasteiger partial charge in [-0.15, -0.1) is 0 Å². The number of aromatic nitrogens is 2. The molecule has 1 aromatic heterocycles. The van der Waals surface area contributed by atoms with Crippen molar-refractivity contribution in [2.45, 2.75) is 34.1 Å². The molecule has 5 nitrogen and oxygen atoms in total. The lowest BCUT2D eigenvalue weighted by molar-refractivity contribution is 0.132. The van der Waals surface area contributed by atoms with E-state index in [9.17, 15) is 0 Å². The molecular formula is C14H25N3O2. The van der Waals surface area contributed by atoms with Crippen LogP contribution in [0.4, 0.5) is 5.82 Å². The van der Waals surface area contributed by atoms with Crippen LogP contribution in [0.3, 0.4) is 0 Å². The summed E-state index contributed by atoms with van der Waals surface area (Å²) in [5, 5.41) is 3.24. The number of hydrogen-bond acceptors (Lipinski definition) is 5. The number of rotatable bonds is 9. The molecular weight excluding hydrogens is 242 g/mol. The lowest BCUT2D eigenvalue weighted by Gasteiger charge is -2.11. The van der Waals surface area contributed by atoms with Crippen molar-refractivity contribution in [1.82, 2.24) is 9.97 Å². The third-order valence-corrected chi connectivity index (χ3v) is 2.70. The Kier molecular flexibility index (Phi) is 7.18. The Bertz CT molecular complexity index is 370. The Hall–Kier alpha value is -1.36. The van der Waals surface area contributed by atoms with E-state index in [1.807, 2.05) is 13.8 Å². The van der Waals surface area contributed by atoms with Crippen LogP contribution in [-0.2, 0) is 4.74 Å². The zero-order valence-corrected chi connectivity index (χ0v) is 12.4. The summed E-state index contributed by atoms with van der Waals surface area (Å²) in [6.45, 7) is 11.1. The summed E-state index contributed by atoms with van der Waals surface area (Å²) in [7, 11) is 0. The molecule has 1 N–H and O–H groups in total. The summed E-state index contributed by atoms with van der Waals surface area (Å²) >= 11 is 0. The maximum atomic E-state index is 5.55. The van der Waals surface area contributed by atoms with Crippen molar-refractivity contribution >= 4 is 5.82 Å². The van der Waals surface area contributed by atoms with Crippen LogP contribution in [0.1, 0.15) is 32.8 Å². The van der Waals surface area contributed by atoms with Crippen molar-refractivity contribution < 1.29 is 9.47 Å². The Morgan fingerprint density at radius 3 is 2.74 bits per heavy atom. The Morgan fingerprint density at radius 2 is 2.05 bits per heavy atom. The lowest BCUT2D eigenvalue weighted by Crippen LogP contribution is -2.13. The summed E-state index contributed by atoms with van der Waals surface area (Å²) in [5.41, 5.74) is 0.937. The van der Waals surface area contributed by atoms with E-state index < -0.39 is 0 Å². The van der Waals surface area contributed by atoms with E-state index in [0.717, 1.165) is 31.0 Å². The molecule has 0 radical (unpaired) electrons. The predicted octanol–water partition coefficient (Wildman–Crippen LogP) is 2.66. The maximum Gasteiger partial charge on any atom is 0.221 e. The lowest BCUT2D eigenvalue weighted by atomic mass is 10.1. The van der Waals surface area contributed by atoms with E-state index >= 15 is 0 Å². The molecule has 108 valence electrons. The van der Waals surface area contributed by atoms with Crippen LogP contribution in [0.15, 0.2) is 6.33 Å². The molecule has 1 heterocycles. The standard InChI is InChI=1S/C14H25N3O2/c1-5-19-14-12(4)13(16-10-17-14)15-7-9-18-8-6-11(2)3/h10-11H,5-9H2,1-4H3,(H,15,16,17). The first-order valence-electron chi connectivity index (χ1n) is 6.91. The summed E-state index contributed by atoms with van der Waals surface area (Å²) < 4.78 is 11.0. The summed E-state index contributed by atoms with van der Waals surface area (Å²) in [5.74, 6) is 2.14. The van der Waals surface area contributed by atoms with E-state index in [-0.39, 0.29) is 0 Å². The summed E-state index contributed by atoms with van der Waals surface area (Å²) in [4.78, 5) is 8.31. The van der Waals surface area contributed by atoms with Crippen LogP contribution < -0.4 is 10.1 Å². The van der Waals surface area contributed by atoms with Crippen LogP contribution >= 0.6 is 0 Å². The first-order chi connectivity index (χ1) is 9.15. The minimum atomic E-state index is 0.607. The molecule has 1 rings (SSSR count). The van der Waals surface area contributed by atoms with Gasteiger partial charge in [0.05, 0.1) is 18.8 Å². The van der Waals surface area contributed by atoms with Crippen molar-refractivity contribution in [1.29, 1.82) is 0 Å². The third-order valence-electron chi connectivity index (χ3n) is 2.70. The van der Waals surface area contributed by atoms with Gasteiger partial charge in [-0.1, -0.05) is 13.8 Å². The van der Waals surface area contributed by atoms with Gasteiger partial charge < -0.3 is 14.8 Å². The predicted molar refractivity (Wildman–Crippen MR) is 76.7 cm³/mol. The number of anilines is 1. The average molecular weight is 267 g/mol.